The van der Waals surface area contributed by atoms with Gasteiger partial charge in [0.2, 0.25) is 0 Å². The molecule has 0 atom stereocenters. The van der Waals surface area contributed by atoms with Crippen molar-refractivity contribution in [3.05, 3.63) is 54.8 Å². The standard InChI is InChI=1S/C18H17ClN6O2S2/c1-25-7-5-11-13(9-25)29-18(22-11)17(27)23-15-10(4-6-21-24-15)8-20-16(26)12-2-3-14(19)28-12/h2-4,6H,5,7-9H2,1H3,(H,20,26)(H,23,24,27). The summed E-state index contributed by atoms with van der Waals surface area (Å²) in [5, 5.41) is 13.8. The van der Waals surface area contributed by atoms with E-state index in [1.54, 1.807) is 18.2 Å². The lowest BCUT2D eigenvalue weighted by molar-refractivity contribution is 0.0954. The number of likely N-dealkylation sites (N-methyl/N-ethyl adjacent to an activating group) is 1. The molecule has 0 aliphatic carbocycles. The third-order valence-corrected chi connectivity index (χ3v) is 6.70. The lowest BCUT2D eigenvalue weighted by Gasteiger charge is -2.20. The molecule has 2 amide bonds. The van der Waals surface area contributed by atoms with Gasteiger partial charge in [-0.1, -0.05) is 11.6 Å². The fourth-order valence-corrected chi connectivity index (χ4v) is 4.93. The van der Waals surface area contributed by atoms with E-state index in [2.05, 4.69) is 30.7 Å². The van der Waals surface area contributed by atoms with Gasteiger partial charge in [-0.15, -0.1) is 27.8 Å². The van der Waals surface area contributed by atoms with Gasteiger partial charge in [0.25, 0.3) is 11.8 Å². The largest absolute Gasteiger partial charge is 0.347 e. The predicted octanol–water partition coefficient (Wildman–Crippen LogP) is 2.82. The number of hydrogen-bond acceptors (Lipinski definition) is 8. The van der Waals surface area contributed by atoms with E-state index in [4.69, 9.17) is 11.6 Å². The van der Waals surface area contributed by atoms with Crippen molar-refractivity contribution in [2.45, 2.75) is 19.5 Å². The smallest absolute Gasteiger partial charge is 0.285 e. The summed E-state index contributed by atoms with van der Waals surface area (Å²) >= 11 is 8.47. The molecule has 11 heteroatoms. The molecule has 0 spiro atoms. The van der Waals surface area contributed by atoms with Gasteiger partial charge in [0.1, 0.15) is 0 Å². The summed E-state index contributed by atoms with van der Waals surface area (Å²) in [7, 11) is 2.05. The van der Waals surface area contributed by atoms with E-state index in [0.717, 1.165) is 30.1 Å². The molecule has 0 aromatic carbocycles. The summed E-state index contributed by atoms with van der Waals surface area (Å²) in [4.78, 5) is 33.2. The highest BCUT2D eigenvalue weighted by atomic mass is 35.5. The van der Waals surface area contributed by atoms with Crippen molar-refractivity contribution < 1.29 is 9.59 Å². The first-order valence-electron chi connectivity index (χ1n) is 8.82. The average Bonchev–Trinajstić information content (AvgIpc) is 3.33. The fourth-order valence-electron chi connectivity index (χ4n) is 2.89. The normalized spacial score (nSPS) is 13.7. The van der Waals surface area contributed by atoms with Gasteiger partial charge >= 0.3 is 0 Å². The number of nitrogens with one attached hydrogen (secondary N) is 2. The number of halogens is 1. The Hall–Kier alpha value is -2.40. The second-order valence-corrected chi connectivity index (χ2v) is 9.32. The number of anilines is 1. The highest BCUT2D eigenvalue weighted by molar-refractivity contribution is 7.18. The van der Waals surface area contributed by atoms with Crippen LogP contribution in [0.4, 0.5) is 5.82 Å². The molecule has 1 aliphatic heterocycles. The van der Waals surface area contributed by atoms with Crippen LogP contribution >= 0.6 is 34.3 Å². The van der Waals surface area contributed by atoms with Gasteiger partial charge in [0.15, 0.2) is 10.8 Å². The zero-order valence-electron chi connectivity index (χ0n) is 15.4. The van der Waals surface area contributed by atoms with Crippen molar-refractivity contribution >= 4 is 51.9 Å². The minimum Gasteiger partial charge on any atom is -0.347 e. The molecule has 0 radical (unpaired) electrons. The maximum absolute atomic E-state index is 12.7. The van der Waals surface area contributed by atoms with Gasteiger partial charge in [0.05, 0.1) is 21.1 Å². The van der Waals surface area contributed by atoms with Crippen molar-refractivity contribution in [3.8, 4) is 0 Å². The molecule has 4 heterocycles. The lowest BCUT2D eigenvalue weighted by atomic mass is 10.2. The molecule has 3 aromatic heterocycles. The number of thiazole rings is 1. The van der Waals surface area contributed by atoms with Gasteiger partial charge in [-0.25, -0.2) is 4.98 Å². The Morgan fingerprint density at radius 1 is 1.24 bits per heavy atom. The topological polar surface area (TPSA) is 100 Å². The van der Waals surface area contributed by atoms with E-state index in [9.17, 15) is 9.59 Å². The summed E-state index contributed by atoms with van der Waals surface area (Å²) < 4.78 is 0.547. The second kappa shape index (κ2) is 8.54. The van der Waals surface area contributed by atoms with Crippen LogP contribution in [0.25, 0.3) is 0 Å². The summed E-state index contributed by atoms with van der Waals surface area (Å²) in [5.74, 6) is -0.273. The van der Waals surface area contributed by atoms with Crippen LogP contribution < -0.4 is 10.6 Å². The van der Waals surface area contributed by atoms with Crippen LogP contribution in [0.15, 0.2) is 24.4 Å². The van der Waals surface area contributed by atoms with Crippen molar-refractivity contribution in [2.24, 2.45) is 0 Å². The number of nitrogens with zero attached hydrogens (tertiary/aromatic N) is 4. The van der Waals surface area contributed by atoms with Crippen molar-refractivity contribution in [1.82, 2.24) is 25.4 Å². The van der Waals surface area contributed by atoms with Gasteiger partial charge in [-0.05, 0) is 25.2 Å². The third-order valence-electron chi connectivity index (χ3n) is 4.39. The minimum atomic E-state index is -0.329. The molecule has 8 nitrogen and oxygen atoms in total. The molecule has 4 rings (SSSR count). The van der Waals surface area contributed by atoms with Crippen LogP contribution in [-0.4, -0.2) is 45.5 Å². The number of carbonyl (C=O) groups excluding carboxylic acids is 2. The quantitative estimate of drug-likeness (QED) is 0.622. The first-order valence-corrected chi connectivity index (χ1v) is 10.8. The Morgan fingerprint density at radius 3 is 2.90 bits per heavy atom. The van der Waals surface area contributed by atoms with E-state index in [0.29, 0.717) is 25.6 Å². The zero-order chi connectivity index (χ0) is 20.4. The molecule has 29 heavy (non-hydrogen) atoms. The molecule has 0 saturated carbocycles. The third kappa shape index (κ3) is 4.61. The number of thiophene rings is 1. The number of carbonyl (C=O) groups is 2. The molecule has 0 fully saturated rings. The van der Waals surface area contributed by atoms with E-state index < -0.39 is 0 Å². The highest BCUT2D eigenvalue weighted by Crippen LogP contribution is 2.25. The van der Waals surface area contributed by atoms with E-state index in [1.165, 1.54) is 28.9 Å². The molecular weight excluding hydrogens is 432 g/mol. The van der Waals surface area contributed by atoms with Gasteiger partial charge in [-0.2, -0.15) is 5.10 Å². The molecule has 0 saturated heterocycles. The highest BCUT2D eigenvalue weighted by Gasteiger charge is 2.22. The van der Waals surface area contributed by atoms with Gasteiger partial charge in [0, 0.05) is 36.5 Å². The summed E-state index contributed by atoms with van der Waals surface area (Å²) in [6.07, 6.45) is 2.35. The molecule has 1 aliphatic rings. The second-order valence-electron chi connectivity index (χ2n) is 6.52. The van der Waals surface area contributed by atoms with Gasteiger partial charge in [-0.3, -0.25) is 9.59 Å². The predicted molar refractivity (Wildman–Crippen MR) is 113 cm³/mol. The minimum absolute atomic E-state index is 0.193. The molecule has 3 aromatic rings. The van der Waals surface area contributed by atoms with Crippen LogP contribution in [0, 0.1) is 0 Å². The number of aromatic nitrogens is 3. The van der Waals surface area contributed by atoms with E-state index >= 15 is 0 Å². The Balaban J connectivity index is 1.44. The number of fused-ring (bicyclic) bond motifs is 1. The molecular formula is C18H17ClN6O2S2. The van der Waals surface area contributed by atoms with E-state index in [-0.39, 0.29) is 18.4 Å². The van der Waals surface area contributed by atoms with E-state index in [1.807, 2.05) is 7.05 Å². The van der Waals surface area contributed by atoms with Crippen LogP contribution in [-0.2, 0) is 19.5 Å². The van der Waals surface area contributed by atoms with Gasteiger partial charge < -0.3 is 15.5 Å². The van der Waals surface area contributed by atoms with Crippen LogP contribution in [0.3, 0.4) is 0 Å². The summed E-state index contributed by atoms with van der Waals surface area (Å²) in [5.41, 5.74) is 1.63. The Morgan fingerprint density at radius 2 is 2.10 bits per heavy atom. The fraction of sp³-hybridized carbons (Fsp3) is 0.278. The monoisotopic (exact) mass is 448 g/mol. The Bertz CT molecular complexity index is 1070. The number of hydrogen-bond donors (Lipinski definition) is 2. The first kappa shape index (κ1) is 19.9. The van der Waals surface area contributed by atoms with Crippen LogP contribution in [0.5, 0.6) is 0 Å². The Kier molecular flexibility index (Phi) is 5.86. The van der Waals surface area contributed by atoms with Crippen LogP contribution in [0.1, 0.15) is 35.6 Å². The van der Waals surface area contributed by atoms with Crippen molar-refractivity contribution in [3.63, 3.8) is 0 Å². The molecule has 0 unspecified atom stereocenters. The summed E-state index contributed by atoms with van der Waals surface area (Å²) in [6.45, 7) is 1.93. The van der Waals surface area contributed by atoms with Crippen LogP contribution in [0.2, 0.25) is 4.34 Å². The number of rotatable bonds is 5. The number of amides is 2. The first-order chi connectivity index (χ1) is 14.0. The molecule has 2 N–H and O–H groups in total. The zero-order valence-corrected chi connectivity index (χ0v) is 17.8. The molecule has 150 valence electrons. The lowest BCUT2D eigenvalue weighted by Crippen LogP contribution is -2.25. The maximum atomic E-state index is 12.7. The SMILES string of the molecule is CN1CCc2nc(C(=O)Nc3nnccc3CNC(=O)c3ccc(Cl)s3)sc2C1. The molecule has 0 bridgehead atoms. The van der Waals surface area contributed by atoms with Crippen molar-refractivity contribution in [1.29, 1.82) is 0 Å². The average molecular weight is 449 g/mol. The summed E-state index contributed by atoms with van der Waals surface area (Å²) in [6, 6.07) is 5.04. The maximum Gasteiger partial charge on any atom is 0.285 e. The Labute approximate surface area is 179 Å². The van der Waals surface area contributed by atoms with Crippen molar-refractivity contribution in [2.75, 3.05) is 18.9 Å².